The van der Waals surface area contributed by atoms with Crippen molar-refractivity contribution in [1.82, 2.24) is 9.78 Å². The molecule has 2 fully saturated rings. The molecule has 1 aromatic heterocycles. The lowest BCUT2D eigenvalue weighted by Crippen LogP contribution is -2.32. The van der Waals surface area contributed by atoms with Gasteiger partial charge < -0.3 is 5.73 Å². The molecule has 0 amide bonds. The van der Waals surface area contributed by atoms with Gasteiger partial charge in [0.1, 0.15) is 0 Å². The van der Waals surface area contributed by atoms with Crippen molar-refractivity contribution in [3.05, 3.63) is 18.0 Å². The van der Waals surface area contributed by atoms with Crippen LogP contribution in [0.15, 0.2) is 12.3 Å². The molecule has 0 spiro atoms. The maximum Gasteiger partial charge on any atom is 0.0655 e. The molecule has 2 N–H and O–H groups in total. The summed E-state index contributed by atoms with van der Waals surface area (Å²) in [5.74, 6) is 2.25. The molecule has 100 valence electrons. The zero-order valence-electron chi connectivity index (χ0n) is 11.4. The Bertz CT molecular complexity index is 394. The lowest BCUT2D eigenvalue weighted by Gasteiger charge is -2.35. The number of aromatic nitrogens is 2. The number of nitrogens with two attached hydrogens (primary N) is 1. The Hall–Kier alpha value is -0.830. The fourth-order valence-corrected chi connectivity index (χ4v) is 3.40. The average Bonchev–Trinajstić information content (AvgIpc) is 3.16. The van der Waals surface area contributed by atoms with Crippen molar-refractivity contribution in [2.45, 2.75) is 57.4 Å². The summed E-state index contributed by atoms with van der Waals surface area (Å²) < 4.78 is 2.23. The molecule has 0 radical (unpaired) electrons. The van der Waals surface area contributed by atoms with E-state index in [0.717, 1.165) is 18.4 Å². The van der Waals surface area contributed by atoms with Crippen molar-refractivity contribution in [2.75, 3.05) is 6.54 Å². The fourth-order valence-electron chi connectivity index (χ4n) is 3.40. The second-order valence-corrected chi connectivity index (χ2v) is 6.15. The van der Waals surface area contributed by atoms with Gasteiger partial charge in [-0.25, -0.2) is 0 Å². The summed E-state index contributed by atoms with van der Waals surface area (Å²) in [7, 11) is 0. The molecule has 2 aliphatic rings. The molecule has 2 aliphatic carbocycles. The quantitative estimate of drug-likeness (QED) is 0.888. The van der Waals surface area contributed by atoms with E-state index >= 15 is 0 Å². The topological polar surface area (TPSA) is 43.8 Å². The highest BCUT2D eigenvalue weighted by Gasteiger charge is 2.32. The van der Waals surface area contributed by atoms with Crippen LogP contribution in [0.25, 0.3) is 0 Å². The van der Waals surface area contributed by atoms with Crippen LogP contribution in [0.3, 0.4) is 0 Å². The van der Waals surface area contributed by atoms with Crippen molar-refractivity contribution in [3.8, 4) is 0 Å². The molecule has 3 rings (SSSR count). The highest BCUT2D eigenvalue weighted by atomic mass is 15.3. The summed E-state index contributed by atoms with van der Waals surface area (Å²) in [6.07, 6.45) is 10.1. The SMILES string of the molecule is CCC1CCC(CN)C(n2ccc(C3CC3)n2)C1. The molecule has 0 saturated heterocycles. The Morgan fingerprint density at radius 3 is 2.83 bits per heavy atom. The van der Waals surface area contributed by atoms with Gasteiger partial charge in [-0.2, -0.15) is 5.10 Å². The first kappa shape index (κ1) is 12.2. The summed E-state index contributed by atoms with van der Waals surface area (Å²) in [6, 6.07) is 2.77. The van der Waals surface area contributed by atoms with Crippen molar-refractivity contribution in [1.29, 1.82) is 0 Å². The van der Waals surface area contributed by atoms with E-state index in [9.17, 15) is 0 Å². The molecule has 3 heteroatoms. The van der Waals surface area contributed by atoms with Gasteiger partial charge in [-0.05, 0) is 56.6 Å². The Kier molecular flexibility index (Phi) is 3.42. The number of hydrogen-bond donors (Lipinski definition) is 1. The van der Waals surface area contributed by atoms with Gasteiger partial charge in [-0.3, -0.25) is 4.68 Å². The maximum absolute atomic E-state index is 5.96. The lowest BCUT2D eigenvalue weighted by molar-refractivity contribution is 0.172. The average molecular weight is 247 g/mol. The van der Waals surface area contributed by atoms with E-state index in [0.29, 0.717) is 12.0 Å². The van der Waals surface area contributed by atoms with E-state index in [2.05, 4.69) is 23.9 Å². The van der Waals surface area contributed by atoms with Crippen LogP contribution in [-0.2, 0) is 0 Å². The van der Waals surface area contributed by atoms with Gasteiger partial charge >= 0.3 is 0 Å². The van der Waals surface area contributed by atoms with Crippen molar-refractivity contribution >= 4 is 0 Å². The van der Waals surface area contributed by atoms with E-state index < -0.39 is 0 Å². The highest BCUT2D eigenvalue weighted by molar-refractivity contribution is 5.13. The third-order valence-electron chi connectivity index (χ3n) is 4.91. The number of rotatable bonds is 4. The van der Waals surface area contributed by atoms with Crippen LogP contribution in [0, 0.1) is 11.8 Å². The van der Waals surface area contributed by atoms with Crippen molar-refractivity contribution in [2.24, 2.45) is 17.6 Å². The third-order valence-corrected chi connectivity index (χ3v) is 4.91. The second-order valence-electron chi connectivity index (χ2n) is 6.15. The molecule has 0 aliphatic heterocycles. The van der Waals surface area contributed by atoms with Gasteiger partial charge in [0.15, 0.2) is 0 Å². The van der Waals surface area contributed by atoms with E-state index in [-0.39, 0.29) is 0 Å². The van der Waals surface area contributed by atoms with Gasteiger partial charge in [0, 0.05) is 12.1 Å². The number of nitrogens with zero attached hydrogens (tertiary/aromatic N) is 2. The van der Waals surface area contributed by atoms with Crippen LogP contribution in [-0.4, -0.2) is 16.3 Å². The second kappa shape index (κ2) is 5.04. The van der Waals surface area contributed by atoms with Crippen molar-refractivity contribution in [3.63, 3.8) is 0 Å². The van der Waals surface area contributed by atoms with Crippen LogP contribution in [0.2, 0.25) is 0 Å². The molecule has 3 atom stereocenters. The Labute approximate surface area is 110 Å². The molecule has 1 heterocycles. The van der Waals surface area contributed by atoms with Gasteiger partial charge in [-0.15, -0.1) is 0 Å². The van der Waals surface area contributed by atoms with Crippen LogP contribution < -0.4 is 5.73 Å². The Morgan fingerprint density at radius 2 is 2.17 bits per heavy atom. The minimum Gasteiger partial charge on any atom is -0.330 e. The molecule has 18 heavy (non-hydrogen) atoms. The van der Waals surface area contributed by atoms with Crippen LogP contribution in [0.5, 0.6) is 0 Å². The van der Waals surface area contributed by atoms with Gasteiger partial charge in [0.25, 0.3) is 0 Å². The summed E-state index contributed by atoms with van der Waals surface area (Å²) in [4.78, 5) is 0. The molecular formula is C15H25N3. The molecule has 2 saturated carbocycles. The van der Waals surface area contributed by atoms with Crippen LogP contribution in [0.4, 0.5) is 0 Å². The Morgan fingerprint density at radius 1 is 1.33 bits per heavy atom. The van der Waals surface area contributed by atoms with Gasteiger partial charge in [0.2, 0.25) is 0 Å². The summed E-state index contributed by atoms with van der Waals surface area (Å²) in [6.45, 7) is 3.11. The first-order chi connectivity index (χ1) is 8.81. The highest BCUT2D eigenvalue weighted by Crippen LogP contribution is 2.41. The van der Waals surface area contributed by atoms with E-state index in [1.165, 1.54) is 44.2 Å². The largest absolute Gasteiger partial charge is 0.330 e. The lowest BCUT2D eigenvalue weighted by atomic mass is 9.77. The summed E-state index contributed by atoms with van der Waals surface area (Å²) >= 11 is 0. The summed E-state index contributed by atoms with van der Waals surface area (Å²) in [5.41, 5.74) is 7.27. The first-order valence-corrected chi connectivity index (χ1v) is 7.57. The van der Waals surface area contributed by atoms with E-state index in [1.54, 1.807) is 0 Å². The smallest absolute Gasteiger partial charge is 0.0655 e. The monoisotopic (exact) mass is 247 g/mol. The van der Waals surface area contributed by atoms with E-state index in [4.69, 9.17) is 10.8 Å². The predicted molar refractivity (Wildman–Crippen MR) is 73.4 cm³/mol. The maximum atomic E-state index is 5.96. The normalized spacial score (nSPS) is 32.7. The minimum absolute atomic E-state index is 0.543. The zero-order chi connectivity index (χ0) is 12.5. The third kappa shape index (κ3) is 2.33. The van der Waals surface area contributed by atoms with E-state index in [1.807, 2.05) is 0 Å². The predicted octanol–water partition coefficient (Wildman–Crippen LogP) is 3.09. The molecule has 0 bridgehead atoms. The fraction of sp³-hybridized carbons (Fsp3) is 0.800. The zero-order valence-corrected chi connectivity index (χ0v) is 11.4. The molecule has 3 nitrogen and oxygen atoms in total. The molecular weight excluding hydrogens is 222 g/mol. The van der Waals surface area contributed by atoms with Crippen LogP contribution in [0.1, 0.15) is 63.1 Å². The summed E-state index contributed by atoms with van der Waals surface area (Å²) in [5, 5.41) is 4.82. The molecule has 3 unspecified atom stereocenters. The minimum atomic E-state index is 0.543. The van der Waals surface area contributed by atoms with Gasteiger partial charge in [0.05, 0.1) is 11.7 Å². The molecule has 1 aromatic rings. The van der Waals surface area contributed by atoms with Gasteiger partial charge in [-0.1, -0.05) is 13.3 Å². The van der Waals surface area contributed by atoms with Crippen molar-refractivity contribution < 1.29 is 0 Å². The standard InChI is InChI=1S/C15H25N3/c1-2-11-3-4-13(10-16)15(9-11)18-8-7-14(17-18)12-5-6-12/h7-8,11-13,15H,2-6,9-10,16H2,1H3. The molecule has 0 aromatic carbocycles. The van der Waals surface area contributed by atoms with Crippen LogP contribution >= 0.6 is 0 Å². The first-order valence-electron chi connectivity index (χ1n) is 7.57. The Balaban J connectivity index is 1.76. The number of hydrogen-bond acceptors (Lipinski definition) is 2.